The molecule has 0 amide bonds. The van der Waals surface area contributed by atoms with Crippen LogP contribution in [0.5, 0.6) is 0 Å². The van der Waals surface area contributed by atoms with Gasteiger partial charge in [0.25, 0.3) is 0 Å². The van der Waals surface area contributed by atoms with Gasteiger partial charge in [-0.1, -0.05) is 26.3 Å². The molecule has 1 unspecified atom stereocenters. The van der Waals surface area contributed by atoms with Gasteiger partial charge >= 0.3 is 0 Å². The lowest BCUT2D eigenvalue weighted by Gasteiger charge is -2.33. The quantitative estimate of drug-likeness (QED) is 0.664. The standard InChI is InChI=1S/C10H19NS/c1-5-6-7-10(3)8-12-9(2)11(10)4/h2,5-8H2,1,3-4H3. The second-order valence-corrected chi connectivity index (χ2v) is 4.89. The zero-order valence-corrected chi connectivity index (χ0v) is 9.21. The molecule has 1 aliphatic rings. The summed E-state index contributed by atoms with van der Waals surface area (Å²) in [5, 5.41) is 1.23. The molecule has 0 aliphatic carbocycles. The molecule has 0 radical (unpaired) electrons. The highest BCUT2D eigenvalue weighted by atomic mass is 32.2. The van der Waals surface area contributed by atoms with Gasteiger partial charge in [0.15, 0.2) is 0 Å². The Hall–Kier alpha value is -0.110. The summed E-state index contributed by atoms with van der Waals surface area (Å²) in [7, 11) is 2.16. The van der Waals surface area contributed by atoms with Crippen molar-refractivity contribution in [3.05, 3.63) is 11.6 Å². The van der Waals surface area contributed by atoms with Gasteiger partial charge in [-0.3, -0.25) is 0 Å². The Morgan fingerprint density at radius 2 is 2.33 bits per heavy atom. The molecule has 12 heavy (non-hydrogen) atoms. The first-order valence-corrected chi connectivity index (χ1v) is 5.64. The van der Waals surface area contributed by atoms with Crippen molar-refractivity contribution in [1.82, 2.24) is 4.90 Å². The second kappa shape index (κ2) is 3.73. The lowest BCUT2D eigenvalue weighted by molar-refractivity contribution is 0.218. The molecule has 0 aromatic rings. The van der Waals surface area contributed by atoms with E-state index in [2.05, 4.69) is 32.4 Å². The van der Waals surface area contributed by atoms with Gasteiger partial charge in [0.2, 0.25) is 0 Å². The smallest absolute Gasteiger partial charge is 0.0637 e. The molecule has 1 fully saturated rings. The molecule has 2 heteroatoms. The Bertz CT molecular complexity index is 179. The van der Waals surface area contributed by atoms with E-state index in [4.69, 9.17) is 0 Å². The number of unbranched alkanes of at least 4 members (excludes halogenated alkanes) is 1. The molecule has 0 saturated carbocycles. The van der Waals surface area contributed by atoms with E-state index in [0.29, 0.717) is 5.54 Å². The minimum atomic E-state index is 0.373. The SMILES string of the molecule is C=C1SCC(C)(CCCC)N1C. The fraction of sp³-hybridized carbons (Fsp3) is 0.800. The van der Waals surface area contributed by atoms with Crippen LogP contribution in [-0.4, -0.2) is 23.2 Å². The van der Waals surface area contributed by atoms with Crippen molar-refractivity contribution in [2.75, 3.05) is 12.8 Å². The number of rotatable bonds is 3. The average Bonchev–Trinajstić information content (AvgIpc) is 2.31. The maximum absolute atomic E-state index is 4.03. The maximum atomic E-state index is 4.03. The van der Waals surface area contributed by atoms with Crippen LogP contribution < -0.4 is 0 Å². The predicted octanol–water partition coefficient (Wildman–Crippen LogP) is 3.09. The molecule has 1 atom stereocenters. The van der Waals surface area contributed by atoms with E-state index in [1.165, 1.54) is 30.0 Å². The number of thioether (sulfide) groups is 1. The third-order valence-electron chi connectivity index (χ3n) is 2.80. The van der Waals surface area contributed by atoms with Gasteiger partial charge in [-0.05, 0) is 13.3 Å². The van der Waals surface area contributed by atoms with E-state index in [1.54, 1.807) is 0 Å². The Kier molecular flexibility index (Phi) is 3.10. The van der Waals surface area contributed by atoms with Crippen LogP contribution in [0.25, 0.3) is 0 Å². The first-order valence-electron chi connectivity index (χ1n) is 4.65. The van der Waals surface area contributed by atoms with Crippen LogP contribution in [0.3, 0.4) is 0 Å². The number of hydrogen-bond acceptors (Lipinski definition) is 2. The fourth-order valence-corrected chi connectivity index (χ4v) is 2.76. The summed E-state index contributed by atoms with van der Waals surface area (Å²) >= 11 is 1.89. The lowest BCUT2D eigenvalue weighted by Crippen LogP contribution is -2.39. The lowest BCUT2D eigenvalue weighted by atomic mass is 9.96. The van der Waals surface area contributed by atoms with Gasteiger partial charge in [0.05, 0.1) is 5.03 Å². The van der Waals surface area contributed by atoms with Crippen LogP contribution in [0, 0.1) is 0 Å². The first kappa shape index (κ1) is 9.97. The van der Waals surface area contributed by atoms with Crippen LogP contribution in [-0.2, 0) is 0 Å². The van der Waals surface area contributed by atoms with Crippen molar-refractivity contribution in [3.8, 4) is 0 Å². The van der Waals surface area contributed by atoms with E-state index in [9.17, 15) is 0 Å². The molecule has 1 rings (SSSR count). The highest BCUT2D eigenvalue weighted by Crippen LogP contribution is 2.39. The second-order valence-electron chi connectivity index (χ2n) is 3.84. The third kappa shape index (κ3) is 1.79. The van der Waals surface area contributed by atoms with Gasteiger partial charge in [0.1, 0.15) is 0 Å². The van der Waals surface area contributed by atoms with Crippen LogP contribution in [0.15, 0.2) is 11.6 Å². The van der Waals surface area contributed by atoms with E-state index >= 15 is 0 Å². The topological polar surface area (TPSA) is 3.24 Å². The molecule has 1 saturated heterocycles. The van der Waals surface area contributed by atoms with Gasteiger partial charge in [-0.2, -0.15) is 0 Å². The van der Waals surface area contributed by atoms with Gasteiger partial charge < -0.3 is 4.90 Å². The summed E-state index contributed by atoms with van der Waals surface area (Å²) in [5.74, 6) is 1.21. The molecular weight excluding hydrogens is 166 g/mol. The summed E-state index contributed by atoms with van der Waals surface area (Å²) in [6, 6.07) is 0. The molecule has 0 aromatic heterocycles. The van der Waals surface area contributed by atoms with Crippen molar-refractivity contribution < 1.29 is 0 Å². The summed E-state index contributed by atoms with van der Waals surface area (Å²) in [4.78, 5) is 2.34. The largest absolute Gasteiger partial charge is 0.364 e. The summed E-state index contributed by atoms with van der Waals surface area (Å²) in [6.45, 7) is 8.62. The van der Waals surface area contributed by atoms with E-state index in [-0.39, 0.29) is 0 Å². The Balaban J connectivity index is 2.53. The summed E-state index contributed by atoms with van der Waals surface area (Å²) in [5.41, 5.74) is 0.373. The minimum Gasteiger partial charge on any atom is -0.364 e. The highest BCUT2D eigenvalue weighted by Gasteiger charge is 2.35. The predicted molar refractivity (Wildman–Crippen MR) is 57.3 cm³/mol. The summed E-state index contributed by atoms with van der Waals surface area (Å²) in [6.07, 6.45) is 3.92. The summed E-state index contributed by atoms with van der Waals surface area (Å²) < 4.78 is 0. The Morgan fingerprint density at radius 1 is 1.67 bits per heavy atom. The zero-order chi connectivity index (χ0) is 9.19. The molecular formula is C10H19NS. The molecule has 0 N–H and O–H groups in total. The van der Waals surface area contributed by atoms with Crippen LogP contribution in [0.2, 0.25) is 0 Å². The van der Waals surface area contributed by atoms with Crippen molar-refractivity contribution in [2.24, 2.45) is 0 Å². The Morgan fingerprint density at radius 3 is 2.75 bits per heavy atom. The molecule has 70 valence electrons. The van der Waals surface area contributed by atoms with Gasteiger partial charge in [-0.25, -0.2) is 0 Å². The molecule has 1 nitrogen and oxygen atoms in total. The van der Waals surface area contributed by atoms with Gasteiger partial charge in [0, 0.05) is 18.3 Å². The maximum Gasteiger partial charge on any atom is 0.0637 e. The zero-order valence-electron chi connectivity index (χ0n) is 8.39. The molecule has 0 bridgehead atoms. The average molecular weight is 185 g/mol. The van der Waals surface area contributed by atoms with Crippen molar-refractivity contribution in [1.29, 1.82) is 0 Å². The third-order valence-corrected chi connectivity index (χ3v) is 4.18. The van der Waals surface area contributed by atoms with Crippen molar-refractivity contribution >= 4 is 11.8 Å². The number of nitrogens with zero attached hydrogens (tertiary/aromatic N) is 1. The van der Waals surface area contributed by atoms with E-state index in [1.807, 2.05) is 11.8 Å². The van der Waals surface area contributed by atoms with E-state index in [0.717, 1.165) is 0 Å². The minimum absolute atomic E-state index is 0.373. The first-order chi connectivity index (χ1) is 5.60. The molecule has 0 aromatic carbocycles. The monoisotopic (exact) mass is 185 g/mol. The van der Waals surface area contributed by atoms with Crippen molar-refractivity contribution in [3.63, 3.8) is 0 Å². The van der Waals surface area contributed by atoms with Crippen LogP contribution >= 0.6 is 11.8 Å². The Labute approximate surface area is 80.2 Å². The van der Waals surface area contributed by atoms with Crippen LogP contribution in [0.4, 0.5) is 0 Å². The molecule has 1 aliphatic heterocycles. The highest BCUT2D eigenvalue weighted by molar-refractivity contribution is 8.03. The number of hydrogen-bond donors (Lipinski definition) is 0. The van der Waals surface area contributed by atoms with Gasteiger partial charge in [-0.15, -0.1) is 11.8 Å². The fourth-order valence-electron chi connectivity index (χ4n) is 1.53. The molecule has 0 spiro atoms. The van der Waals surface area contributed by atoms with Crippen LogP contribution in [0.1, 0.15) is 33.1 Å². The van der Waals surface area contributed by atoms with Crippen molar-refractivity contribution in [2.45, 2.75) is 38.6 Å². The normalized spacial score (nSPS) is 29.9. The van der Waals surface area contributed by atoms with E-state index < -0.39 is 0 Å². The molecule has 1 heterocycles.